The van der Waals surface area contributed by atoms with Crippen molar-refractivity contribution < 1.29 is 18.0 Å². The van der Waals surface area contributed by atoms with E-state index in [2.05, 4.69) is 10.3 Å². The van der Waals surface area contributed by atoms with Crippen LogP contribution < -0.4 is 5.32 Å². The largest absolute Gasteiger partial charge is 0.404 e. The van der Waals surface area contributed by atoms with Gasteiger partial charge in [-0.05, 0) is 38.4 Å². The van der Waals surface area contributed by atoms with Crippen molar-refractivity contribution in [3.63, 3.8) is 0 Å². The van der Waals surface area contributed by atoms with Crippen LogP contribution in [0.25, 0.3) is 0 Å². The quantitative estimate of drug-likeness (QED) is 0.926. The third-order valence-corrected chi connectivity index (χ3v) is 3.91. The first-order chi connectivity index (χ1) is 10.4. The van der Waals surface area contributed by atoms with Crippen LogP contribution in [0.3, 0.4) is 0 Å². The van der Waals surface area contributed by atoms with Gasteiger partial charge in [-0.3, -0.25) is 14.7 Å². The molecule has 122 valence electrons. The number of nitrogens with zero attached hydrogens (tertiary/aromatic N) is 2. The van der Waals surface area contributed by atoms with Crippen LogP contribution in [-0.2, 0) is 11.2 Å². The number of aryl methyl sites for hydroxylation is 1. The Morgan fingerprint density at radius 2 is 2.18 bits per heavy atom. The van der Waals surface area contributed by atoms with Crippen molar-refractivity contribution in [1.29, 1.82) is 0 Å². The second-order valence-electron chi connectivity index (χ2n) is 5.66. The number of likely N-dealkylation sites (tertiary alicyclic amines) is 1. The summed E-state index contributed by atoms with van der Waals surface area (Å²) >= 11 is 0. The number of amides is 1. The monoisotopic (exact) mass is 315 g/mol. The van der Waals surface area contributed by atoms with Gasteiger partial charge < -0.3 is 5.32 Å². The highest BCUT2D eigenvalue weighted by atomic mass is 19.4. The lowest BCUT2D eigenvalue weighted by Gasteiger charge is -2.38. The Hall–Kier alpha value is -1.63. The summed E-state index contributed by atoms with van der Waals surface area (Å²) in [7, 11) is 1.45. The van der Waals surface area contributed by atoms with Crippen molar-refractivity contribution in [2.45, 2.75) is 43.9 Å². The highest BCUT2D eigenvalue weighted by molar-refractivity contribution is 5.76. The standard InChI is InChI=1S/C15H20F3N3O/c1-21-10-12(5-7-13(21)15(16,17)18)20-14(22)8-6-11-4-2-3-9-19-11/h2-4,9,12-13H,5-8,10H2,1H3,(H,20,22). The first kappa shape index (κ1) is 16.7. The van der Waals surface area contributed by atoms with E-state index in [1.807, 2.05) is 12.1 Å². The van der Waals surface area contributed by atoms with Gasteiger partial charge in [-0.1, -0.05) is 6.07 Å². The van der Waals surface area contributed by atoms with E-state index in [1.165, 1.54) is 11.9 Å². The zero-order chi connectivity index (χ0) is 16.2. The Kier molecular flexibility index (Phi) is 5.39. The van der Waals surface area contributed by atoms with E-state index in [0.717, 1.165) is 5.69 Å². The predicted molar refractivity (Wildman–Crippen MR) is 76.2 cm³/mol. The zero-order valence-electron chi connectivity index (χ0n) is 12.4. The van der Waals surface area contributed by atoms with Gasteiger partial charge >= 0.3 is 6.18 Å². The van der Waals surface area contributed by atoms with Gasteiger partial charge in [0.15, 0.2) is 0 Å². The van der Waals surface area contributed by atoms with Gasteiger partial charge in [0, 0.05) is 30.9 Å². The van der Waals surface area contributed by atoms with Crippen molar-refractivity contribution in [1.82, 2.24) is 15.2 Å². The molecule has 0 saturated carbocycles. The van der Waals surface area contributed by atoms with Crippen LogP contribution in [0.2, 0.25) is 0 Å². The molecule has 1 amide bonds. The minimum Gasteiger partial charge on any atom is -0.352 e. The fourth-order valence-corrected chi connectivity index (χ4v) is 2.76. The summed E-state index contributed by atoms with van der Waals surface area (Å²) in [6.07, 6.45) is -1.35. The first-order valence-electron chi connectivity index (χ1n) is 7.32. The molecule has 0 spiro atoms. The first-order valence-corrected chi connectivity index (χ1v) is 7.32. The van der Waals surface area contributed by atoms with Gasteiger partial charge in [0.1, 0.15) is 6.04 Å². The minimum atomic E-state index is -4.21. The number of pyridine rings is 1. The van der Waals surface area contributed by atoms with Gasteiger partial charge in [-0.2, -0.15) is 13.2 Å². The number of alkyl halides is 3. The number of rotatable bonds is 4. The molecule has 0 bridgehead atoms. The van der Waals surface area contributed by atoms with Crippen molar-refractivity contribution in [2.75, 3.05) is 13.6 Å². The molecular formula is C15H20F3N3O. The number of aromatic nitrogens is 1. The van der Waals surface area contributed by atoms with Gasteiger partial charge in [-0.15, -0.1) is 0 Å². The zero-order valence-corrected chi connectivity index (χ0v) is 12.4. The van der Waals surface area contributed by atoms with Crippen LogP contribution in [0.4, 0.5) is 13.2 Å². The third-order valence-electron chi connectivity index (χ3n) is 3.91. The highest BCUT2D eigenvalue weighted by Gasteiger charge is 2.44. The molecule has 7 heteroatoms. The molecule has 22 heavy (non-hydrogen) atoms. The number of likely N-dealkylation sites (N-methyl/N-ethyl adjacent to an activating group) is 1. The van der Waals surface area contributed by atoms with Crippen molar-refractivity contribution >= 4 is 5.91 Å². The maximum Gasteiger partial charge on any atom is 0.404 e. The maximum atomic E-state index is 12.8. The van der Waals surface area contributed by atoms with E-state index in [4.69, 9.17) is 0 Å². The van der Waals surface area contributed by atoms with E-state index in [1.54, 1.807) is 12.3 Å². The van der Waals surface area contributed by atoms with E-state index in [9.17, 15) is 18.0 Å². The van der Waals surface area contributed by atoms with Crippen molar-refractivity contribution in [3.8, 4) is 0 Å². The fourth-order valence-electron chi connectivity index (χ4n) is 2.76. The molecule has 2 atom stereocenters. The summed E-state index contributed by atoms with van der Waals surface area (Å²) in [4.78, 5) is 17.3. The smallest absolute Gasteiger partial charge is 0.352 e. The molecule has 1 aliphatic rings. The highest BCUT2D eigenvalue weighted by Crippen LogP contribution is 2.30. The molecule has 0 aliphatic carbocycles. The average Bonchev–Trinajstić information content (AvgIpc) is 2.45. The predicted octanol–water partition coefficient (Wildman–Crippen LogP) is 2.16. The van der Waals surface area contributed by atoms with E-state index < -0.39 is 12.2 Å². The van der Waals surface area contributed by atoms with Crippen LogP contribution in [0, 0.1) is 0 Å². The Morgan fingerprint density at radius 3 is 2.77 bits per heavy atom. The normalized spacial score (nSPS) is 23.3. The lowest BCUT2D eigenvalue weighted by Crippen LogP contribution is -2.54. The van der Waals surface area contributed by atoms with Crippen LogP contribution in [0.5, 0.6) is 0 Å². The van der Waals surface area contributed by atoms with Crippen LogP contribution >= 0.6 is 0 Å². The van der Waals surface area contributed by atoms with Crippen molar-refractivity contribution in [3.05, 3.63) is 30.1 Å². The lowest BCUT2D eigenvalue weighted by atomic mass is 9.98. The van der Waals surface area contributed by atoms with Gasteiger partial charge in [0.25, 0.3) is 0 Å². The molecule has 2 heterocycles. The lowest BCUT2D eigenvalue weighted by molar-refractivity contribution is -0.188. The molecule has 2 rings (SSSR count). The number of carbonyl (C=O) groups is 1. The minimum absolute atomic E-state index is 0.0190. The molecular weight excluding hydrogens is 295 g/mol. The molecule has 1 saturated heterocycles. The Bertz CT molecular complexity index is 493. The molecule has 1 aliphatic heterocycles. The summed E-state index contributed by atoms with van der Waals surface area (Å²) in [6.45, 7) is 0.222. The number of hydrogen-bond donors (Lipinski definition) is 1. The van der Waals surface area contributed by atoms with Crippen LogP contribution in [0.15, 0.2) is 24.4 Å². The van der Waals surface area contributed by atoms with Crippen molar-refractivity contribution in [2.24, 2.45) is 0 Å². The van der Waals surface area contributed by atoms with Crippen LogP contribution in [0.1, 0.15) is 25.0 Å². The number of carbonyl (C=O) groups excluding carboxylic acids is 1. The molecule has 1 aromatic rings. The van der Waals surface area contributed by atoms with Crippen LogP contribution in [-0.4, -0.2) is 47.6 Å². The topological polar surface area (TPSA) is 45.2 Å². The maximum absolute atomic E-state index is 12.8. The molecule has 0 radical (unpaired) electrons. The fraction of sp³-hybridized carbons (Fsp3) is 0.600. The summed E-state index contributed by atoms with van der Waals surface area (Å²) in [6, 6.07) is 3.87. The average molecular weight is 315 g/mol. The molecule has 0 aromatic carbocycles. The SMILES string of the molecule is CN1CC(NC(=O)CCc2ccccn2)CCC1C(F)(F)F. The summed E-state index contributed by atoms with van der Waals surface area (Å²) < 4.78 is 38.3. The Balaban J connectivity index is 1.76. The summed E-state index contributed by atoms with van der Waals surface area (Å²) in [5.41, 5.74) is 0.829. The summed E-state index contributed by atoms with van der Waals surface area (Å²) in [5.74, 6) is -0.144. The second kappa shape index (κ2) is 7.09. The molecule has 2 unspecified atom stereocenters. The molecule has 1 N–H and O–H groups in total. The third kappa shape index (κ3) is 4.69. The molecule has 4 nitrogen and oxygen atoms in total. The molecule has 1 fully saturated rings. The summed E-state index contributed by atoms with van der Waals surface area (Å²) in [5, 5.41) is 2.82. The van der Waals surface area contributed by atoms with Gasteiger partial charge in [0.2, 0.25) is 5.91 Å². The van der Waals surface area contributed by atoms with Gasteiger partial charge in [0.05, 0.1) is 0 Å². The number of halogens is 3. The Morgan fingerprint density at radius 1 is 1.41 bits per heavy atom. The van der Waals surface area contributed by atoms with E-state index in [-0.39, 0.29) is 24.9 Å². The van der Waals surface area contributed by atoms with Gasteiger partial charge in [-0.25, -0.2) is 0 Å². The number of nitrogens with one attached hydrogen (secondary N) is 1. The Labute approximate surface area is 127 Å². The van der Waals surface area contributed by atoms with E-state index >= 15 is 0 Å². The number of hydrogen-bond acceptors (Lipinski definition) is 3. The second-order valence-corrected chi connectivity index (χ2v) is 5.66. The van der Waals surface area contributed by atoms with E-state index in [0.29, 0.717) is 19.3 Å². The molecule has 1 aromatic heterocycles. The number of piperidine rings is 1.